The fraction of sp³-hybridized carbons (Fsp3) is 0.429. The Hall–Kier alpha value is -1.78. The lowest BCUT2D eigenvalue weighted by Gasteiger charge is -2.31. The van der Waals surface area contributed by atoms with Crippen molar-refractivity contribution in [1.29, 1.82) is 0 Å². The zero-order valence-electron chi connectivity index (χ0n) is 15.5. The van der Waals surface area contributed by atoms with Crippen LogP contribution in [-0.4, -0.2) is 24.0 Å². The Kier molecular flexibility index (Phi) is 6.97. The number of carbonyl (C=O) groups excluding carboxylic acids is 1. The van der Waals surface area contributed by atoms with E-state index in [9.17, 15) is 4.79 Å². The Labute approximate surface area is 170 Å². The highest BCUT2D eigenvalue weighted by Crippen LogP contribution is 2.26. The highest BCUT2D eigenvalue weighted by molar-refractivity contribution is 6.42. The first-order valence-corrected chi connectivity index (χ1v) is 10.2. The standard InChI is InChI=1S/C21H25Cl2N3O/c1-15-9-11-26(12-10-15)19-7-5-16(13-24-19)14-25-20(27)8-6-17-3-2-4-18(22)21(17)23/h2-5,7,13,15H,6,8-12,14H2,1H3,(H,25,27). The molecular formula is C21H25Cl2N3O. The van der Waals surface area contributed by atoms with E-state index >= 15 is 0 Å². The number of pyridine rings is 1. The molecule has 3 rings (SSSR count). The van der Waals surface area contributed by atoms with Gasteiger partial charge in [0.1, 0.15) is 5.82 Å². The summed E-state index contributed by atoms with van der Waals surface area (Å²) in [6.07, 6.45) is 5.22. The number of hydrogen-bond donors (Lipinski definition) is 1. The number of piperidine rings is 1. The van der Waals surface area contributed by atoms with Crippen LogP contribution in [0, 0.1) is 5.92 Å². The number of nitrogens with zero attached hydrogens (tertiary/aromatic N) is 2. The van der Waals surface area contributed by atoms with Crippen LogP contribution in [0.1, 0.15) is 37.3 Å². The zero-order chi connectivity index (χ0) is 19.2. The summed E-state index contributed by atoms with van der Waals surface area (Å²) in [5.74, 6) is 1.81. The van der Waals surface area contributed by atoms with Gasteiger partial charge in [-0.05, 0) is 48.4 Å². The SMILES string of the molecule is CC1CCN(c2ccc(CNC(=O)CCc3cccc(Cl)c3Cl)cn2)CC1. The largest absolute Gasteiger partial charge is 0.357 e. The van der Waals surface area contributed by atoms with Crippen LogP contribution in [0.5, 0.6) is 0 Å². The summed E-state index contributed by atoms with van der Waals surface area (Å²) >= 11 is 12.2. The van der Waals surface area contributed by atoms with Gasteiger partial charge in [-0.15, -0.1) is 0 Å². The van der Waals surface area contributed by atoms with Gasteiger partial charge in [0.2, 0.25) is 5.91 Å². The predicted molar refractivity (Wildman–Crippen MR) is 111 cm³/mol. The molecule has 1 aliphatic heterocycles. The van der Waals surface area contributed by atoms with Crippen molar-refractivity contribution in [3.05, 3.63) is 57.7 Å². The summed E-state index contributed by atoms with van der Waals surface area (Å²) in [7, 11) is 0. The zero-order valence-corrected chi connectivity index (χ0v) is 17.1. The molecule has 1 N–H and O–H groups in total. The molecule has 6 heteroatoms. The molecule has 27 heavy (non-hydrogen) atoms. The molecule has 1 aromatic heterocycles. The Morgan fingerprint density at radius 1 is 1.22 bits per heavy atom. The van der Waals surface area contributed by atoms with E-state index in [1.807, 2.05) is 30.5 Å². The summed E-state index contributed by atoms with van der Waals surface area (Å²) in [6, 6.07) is 9.56. The quantitative estimate of drug-likeness (QED) is 0.744. The lowest BCUT2D eigenvalue weighted by atomic mass is 9.99. The lowest BCUT2D eigenvalue weighted by molar-refractivity contribution is -0.121. The summed E-state index contributed by atoms with van der Waals surface area (Å²) < 4.78 is 0. The van der Waals surface area contributed by atoms with E-state index in [1.54, 1.807) is 6.07 Å². The van der Waals surface area contributed by atoms with Crippen molar-refractivity contribution >= 4 is 34.9 Å². The topological polar surface area (TPSA) is 45.2 Å². The number of nitrogens with one attached hydrogen (secondary N) is 1. The second-order valence-electron chi connectivity index (χ2n) is 7.18. The molecule has 1 aliphatic rings. The van der Waals surface area contributed by atoms with Crippen LogP contribution in [0.2, 0.25) is 10.0 Å². The molecule has 0 atom stereocenters. The molecule has 2 aromatic rings. The third-order valence-electron chi connectivity index (χ3n) is 5.06. The number of benzene rings is 1. The second kappa shape index (κ2) is 9.43. The molecule has 0 unspecified atom stereocenters. The first-order valence-electron chi connectivity index (χ1n) is 9.42. The number of anilines is 1. The molecule has 1 amide bonds. The average molecular weight is 406 g/mol. The van der Waals surface area contributed by atoms with E-state index < -0.39 is 0 Å². The van der Waals surface area contributed by atoms with E-state index in [1.165, 1.54) is 12.8 Å². The number of halogens is 2. The molecule has 0 saturated carbocycles. The van der Waals surface area contributed by atoms with Crippen LogP contribution in [-0.2, 0) is 17.8 Å². The highest BCUT2D eigenvalue weighted by Gasteiger charge is 2.16. The van der Waals surface area contributed by atoms with Crippen molar-refractivity contribution in [2.24, 2.45) is 5.92 Å². The Morgan fingerprint density at radius 2 is 2.00 bits per heavy atom. The van der Waals surface area contributed by atoms with Gasteiger partial charge in [-0.2, -0.15) is 0 Å². The van der Waals surface area contributed by atoms with Crippen molar-refractivity contribution in [3.8, 4) is 0 Å². The first-order chi connectivity index (χ1) is 13.0. The summed E-state index contributed by atoms with van der Waals surface area (Å²) in [5.41, 5.74) is 1.89. The highest BCUT2D eigenvalue weighted by atomic mass is 35.5. The minimum absolute atomic E-state index is 0.0138. The molecule has 1 fully saturated rings. The van der Waals surface area contributed by atoms with Gasteiger partial charge in [0.05, 0.1) is 10.0 Å². The maximum Gasteiger partial charge on any atom is 0.220 e. The normalized spacial score (nSPS) is 15.0. The molecule has 4 nitrogen and oxygen atoms in total. The first kappa shape index (κ1) is 20.0. The summed E-state index contributed by atoms with van der Waals surface area (Å²) in [4.78, 5) is 19.0. The maximum absolute atomic E-state index is 12.1. The van der Waals surface area contributed by atoms with Crippen molar-refractivity contribution in [2.45, 2.75) is 39.2 Å². The molecule has 1 saturated heterocycles. The van der Waals surface area contributed by atoms with Gasteiger partial charge in [0, 0.05) is 32.3 Å². The van der Waals surface area contributed by atoms with Crippen molar-refractivity contribution in [2.75, 3.05) is 18.0 Å². The summed E-state index contributed by atoms with van der Waals surface area (Å²) in [6.45, 7) is 4.91. The van der Waals surface area contributed by atoms with Gasteiger partial charge < -0.3 is 10.2 Å². The van der Waals surface area contributed by atoms with E-state index in [2.05, 4.69) is 22.1 Å². The monoisotopic (exact) mass is 405 g/mol. The van der Waals surface area contributed by atoms with Crippen LogP contribution in [0.3, 0.4) is 0 Å². The molecule has 0 bridgehead atoms. The van der Waals surface area contributed by atoms with Crippen LogP contribution >= 0.6 is 23.2 Å². The lowest BCUT2D eigenvalue weighted by Crippen LogP contribution is -2.33. The third-order valence-corrected chi connectivity index (χ3v) is 5.92. The average Bonchev–Trinajstić information content (AvgIpc) is 2.68. The Morgan fingerprint density at radius 3 is 2.70 bits per heavy atom. The van der Waals surface area contributed by atoms with Gasteiger partial charge in [-0.1, -0.05) is 48.3 Å². The van der Waals surface area contributed by atoms with Crippen LogP contribution in [0.4, 0.5) is 5.82 Å². The number of rotatable bonds is 6. The number of hydrogen-bond acceptors (Lipinski definition) is 3. The van der Waals surface area contributed by atoms with Crippen LogP contribution in [0.15, 0.2) is 36.5 Å². The van der Waals surface area contributed by atoms with Crippen LogP contribution in [0.25, 0.3) is 0 Å². The van der Waals surface area contributed by atoms with E-state index in [-0.39, 0.29) is 5.91 Å². The fourth-order valence-corrected chi connectivity index (χ4v) is 3.64. The molecule has 1 aromatic carbocycles. The van der Waals surface area contributed by atoms with E-state index in [0.717, 1.165) is 36.0 Å². The number of carbonyl (C=O) groups is 1. The molecule has 0 aliphatic carbocycles. The Bertz CT molecular complexity index is 771. The number of aromatic nitrogens is 1. The van der Waals surface area contributed by atoms with Crippen molar-refractivity contribution in [3.63, 3.8) is 0 Å². The molecule has 0 radical (unpaired) electrons. The van der Waals surface area contributed by atoms with Gasteiger partial charge >= 0.3 is 0 Å². The smallest absolute Gasteiger partial charge is 0.220 e. The number of aryl methyl sites for hydroxylation is 1. The summed E-state index contributed by atoms with van der Waals surface area (Å²) in [5, 5.41) is 3.98. The van der Waals surface area contributed by atoms with Crippen molar-refractivity contribution in [1.82, 2.24) is 10.3 Å². The minimum atomic E-state index is -0.0138. The minimum Gasteiger partial charge on any atom is -0.357 e. The third kappa shape index (κ3) is 5.60. The second-order valence-corrected chi connectivity index (χ2v) is 7.97. The van der Waals surface area contributed by atoms with E-state index in [4.69, 9.17) is 23.2 Å². The maximum atomic E-state index is 12.1. The van der Waals surface area contributed by atoms with Crippen molar-refractivity contribution < 1.29 is 4.79 Å². The predicted octanol–water partition coefficient (Wildman–Crippen LogP) is 4.87. The number of amides is 1. The molecule has 2 heterocycles. The Balaban J connectivity index is 1.45. The van der Waals surface area contributed by atoms with Crippen LogP contribution < -0.4 is 10.2 Å². The van der Waals surface area contributed by atoms with E-state index in [0.29, 0.717) is 29.4 Å². The van der Waals surface area contributed by atoms with Gasteiger partial charge in [-0.25, -0.2) is 4.98 Å². The molecule has 144 valence electrons. The fourth-order valence-electron chi connectivity index (χ4n) is 3.22. The molecular weight excluding hydrogens is 381 g/mol. The van der Waals surface area contributed by atoms with Gasteiger partial charge in [-0.3, -0.25) is 4.79 Å². The molecule has 0 spiro atoms. The van der Waals surface area contributed by atoms with Gasteiger partial charge in [0.25, 0.3) is 0 Å². The van der Waals surface area contributed by atoms with Gasteiger partial charge in [0.15, 0.2) is 0 Å².